The van der Waals surface area contributed by atoms with E-state index in [2.05, 4.69) is 11.8 Å². The Morgan fingerprint density at radius 1 is 1.44 bits per heavy atom. The Kier molecular flexibility index (Phi) is 2.90. The van der Waals surface area contributed by atoms with E-state index in [4.69, 9.17) is 0 Å². The fourth-order valence-corrected chi connectivity index (χ4v) is 2.64. The average molecular weight is 240 g/mol. The van der Waals surface area contributed by atoms with Gasteiger partial charge in [-0.3, -0.25) is 4.72 Å². The van der Waals surface area contributed by atoms with Gasteiger partial charge in [-0.2, -0.15) is 7.05 Å². The molecule has 1 heterocycles. The maximum Gasteiger partial charge on any atom is 0.229 e. The summed E-state index contributed by atoms with van der Waals surface area (Å²) in [5.41, 5.74) is 3.01. The number of nitrogens with one attached hydrogen (secondary N) is 2. The van der Waals surface area contributed by atoms with E-state index in [-0.39, 0.29) is 0 Å². The minimum Gasteiger partial charge on any atom is -0.464 e. The second-order valence-corrected chi connectivity index (χ2v) is 5.99. The second kappa shape index (κ2) is 4.07. The van der Waals surface area contributed by atoms with Crippen LogP contribution in [-0.2, 0) is 23.0 Å². The van der Waals surface area contributed by atoms with E-state index in [1.807, 2.05) is 18.2 Å². The fourth-order valence-electron chi connectivity index (χ4n) is 2.05. The number of fused-ring (bicyclic) bond motifs is 1. The highest BCUT2D eigenvalue weighted by molar-refractivity contribution is 7.92. The lowest BCUT2D eigenvalue weighted by Crippen LogP contribution is -3.06. The zero-order valence-electron chi connectivity index (χ0n) is 9.29. The van der Waals surface area contributed by atoms with Crippen LogP contribution in [0.1, 0.15) is 11.1 Å². The summed E-state index contributed by atoms with van der Waals surface area (Å²) in [5.74, 6) is 0. The van der Waals surface area contributed by atoms with Crippen molar-refractivity contribution in [3.63, 3.8) is 0 Å². The molecule has 1 aromatic rings. The molecule has 0 radical (unpaired) electrons. The fraction of sp³-hybridized carbons (Fsp3) is 0.364. The summed E-state index contributed by atoms with van der Waals surface area (Å²) in [6.07, 6.45) is 2.04. The van der Waals surface area contributed by atoms with Crippen molar-refractivity contribution in [1.82, 2.24) is 0 Å². The van der Waals surface area contributed by atoms with Crippen LogP contribution >= 0.6 is 0 Å². The molecule has 0 amide bonds. The summed E-state index contributed by atoms with van der Waals surface area (Å²) in [4.78, 5) is 1.21. The van der Waals surface area contributed by atoms with Crippen molar-refractivity contribution in [1.29, 1.82) is 0 Å². The van der Waals surface area contributed by atoms with Gasteiger partial charge in [0.25, 0.3) is 0 Å². The number of hydrogen-bond acceptors (Lipinski definition) is 2. The number of sulfonamides is 1. The van der Waals surface area contributed by atoms with Crippen LogP contribution in [0.3, 0.4) is 0 Å². The van der Waals surface area contributed by atoms with Crippen molar-refractivity contribution >= 4 is 15.7 Å². The first-order chi connectivity index (χ1) is 7.46. The van der Waals surface area contributed by atoms with Gasteiger partial charge in [0.2, 0.25) is 10.0 Å². The maximum atomic E-state index is 11.2. The van der Waals surface area contributed by atoms with Gasteiger partial charge in [-0.15, -0.1) is 0 Å². The molecule has 4 nitrogen and oxygen atoms in total. The molecule has 0 fully saturated rings. The van der Waals surface area contributed by atoms with Gasteiger partial charge in [0.1, 0.15) is 0 Å². The molecule has 0 saturated heterocycles. The molecule has 0 saturated carbocycles. The first-order valence-corrected chi connectivity index (χ1v) is 7.10. The molecule has 0 bridgehead atoms. The smallest absolute Gasteiger partial charge is 0.229 e. The lowest BCUT2D eigenvalue weighted by atomic mass is 9.98. The molecule has 1 aromatic carbocycles. The zero-order valence-corrected chi connectivity index (χ0v) is 10.1. The van der Waals surface area contributed by atoms with Gasteiger partial charge < -0.3 is 4.90 Å². The number of hydrogen-bond donors (Lipinski definition) is 2. The Balaban J connectivity index is 2.37. The molecule has 88 valence electrons. The molecular formula is C11H16N2O2S. The summed E-state index contributed by atoms with van der Waals surface area (Å²) in [7, 11) is 0.782. The standard InChI is InChI=1S/C11H16N2O2S/c1-13-7-6-10-9(8-13)4-3-5-11(10)12-16(2,14)15/h3-5,12-13H,1,6-8H2,2H3. The van der Waals surface area contributed by atoms with Crippen LogP contribution in [0.15, 0.2) is 18.2 Å². The van der Waals surface area contributed by atoms with Crippen LogP contribution in [-0.4, -0.2) is 21.2 Å². The number of quaternary nitrogens is 1. The van der Waals surface area contributed by atoms with Crippen molar-refractivity contribution in [3.8, 4) is 0 Å². The van der Waals surface area contributed by atoms with Crippen LogP contribution in [0.5, 0.6) is 0 Å². The highest BCUT2D eigenvalue weighted by Gasteiger charge is 2.17. The van der Waals surface area contributed by atoms with Crippen LogP contribution < -0.4 is 9.62 Å². The highest BCUT2D eigenvalue weighted by Crippen LogP contribution is 2.22. The predicted molar refractivity (Wildman–Crippen MR) is 63.5 cm³/mol. The summed E-state index contributed by atoms with van der Waals surface area (Å²) in [5, 5.41) is 0. The molecule has 0 aliphatic carbocycles. The molecule has 16 heavy (non-hydrogen) atoms. The van der Waals surface area contributed by atoms with Crippen molar-refractivity contribution in [2.75, 3.05) is 17.5 Å². The van der Waals surface area contributed by atoms with E-state index in [1.165, 1.54) is 16.7 Å². The zero-order chi connectivity index (χ0) is 11.8. The van der Waals surface area contributed by atoms with Crippen LogP contribution in [0, 0.1) is 7.05 Å². The van der Waals surface area contributed by atoms with Crippen molar-refractivity contribution in [2.45, 2.75) is 13.0 Å². The Morgan fingerprint density at radius 2 is 2.19 bits per heavy atom. The number of anilines is 1. The highest BCUT2D eigenvalue weighted by atomic mass is 32.2. The third-order valence-corrected chi connectivity index (χ3v) is 3.33. The molecule has 5 heteroatoms. The first kappa shape index (κ1) is 11.4. The van der Waals surface area contributed by atoms with Gasteiger partial charge in [0.15, 0.2) is 0 Å². The van der Waals surface area contributed by atoms with Crippen molar-refractivity contribution in [2.24, 2.45) is 0 Å². The Hall–Kier alpha value is -1.07. The van der Waals surface area contributed by atoms with E-state index in [0.29, 0.717) is 5.69 Å². The molecule has 1 unspecified atom stereocenters. The molecular weight excluding hydrogens is 224 g/mol. The summed E-state index contributed by atoms with van der Waals surface area (Å²) >= 11 is 0. The monoisotopic (exact) mass is 240 g/mol. The van der Waals surface area contributed by atoms with Gasteiger partial charge in [-0.25, -0.2) is 8.42 Å². The molecule has 2 rings (SSSR count). The van der Waals surface area contributed by atoms with Crippen molar-refractivity contribution in [3.05, 3.63) is 36.4 Å². The summed E-state index contributed by atoms with van der Waals surface area (Å²) in [6, 6.07) is 5.73. The van der Waals surface area contributed by atoms with Gasteiger partial charge in [-0.05, 0) is 11.6 Å². The largest absolute Gasteiger partial charge is 0.464 e. The number of benzene rings is 1. The third kappa shape index (κ3) is 2.54. The lowest BCUT2D eigenvalue weighted by Gasteiger charge is -2.29. The second-order valence-electron chi connectivity index (χ2n) is 4.24. The van der Waals surface area contributed by atoms with E-state index >= 15 is 0 Å². The summed E-state index contributed by atoms with van der Waals surface area (Å²) in [6.45, 7) is 1.80. The molecule has 1 aliphatic rings. The van der Waals surface area contributed by atoms with Crippen LogP contribution in [0.2, 0.25) is 0 Å². The quantitative estimate of drug-likeness (QED) is 0.703. The van der Waals surface area contributed by atoms with Gasteiger partial charge in [0, 0.05) is 12.0 Å². The predicted octanol–water partition coefficient (Wildman–Crippen LogP) is -0.209. The topological polar surface area (TPSA) is 50.6 Å². The lowest BCUT2D eigenvalue weighted by molar-refractivity contribution is -0.870. The Labute approximate surface area is 96.3 Å². The Bertz CT molecular complexity index is 497. The summed E-state index contributed by atoms with van der Waals surface area (Å²) < 4.78 is 25.0. The number of rotatable bonds is 2. The SMILES string of the molecule is [CH2-][NH+]1CCc2c(cccc2NS(C)(=O)=O)C1. The van der Waals surface area contributed by atoms with E-state index in [0.717, 1.165) is 25.1 Å². The molecule has 1 aliphatic heterocycles. The minimum atomic E-state index is -3.20. The minimum absolute atomic E-state index is 0.715. The first-order valence-electron chi connectivity index (χ1n) is 5.21. The van der Waals surface area contributed by atoms with Crippen LogP contribution in [0.4, 0.5) is 5.69 Å². The van der Waals surface area contributed by atoms with E-state index < -0.39 is 10.0 Å². The average Bonchev–Trinajstić information content (AvgIpc) is 2.15. The molecule has 0 spiro atoms. The normalized spacial score (nSPS) is 20.2. The van der Waals surface area contributed by atoms with E-state index in [9.17, 15) is 8.42 Å². The van der Waals surface area contributed by atoms with Gasteiger partial charge in [0.05, 0.1) is 25.0 Å². The van der Waals surface area contributed by atoms with Crippen molar-refractivity contribution < 1.29 is 13.3 Å². The van der Waals surface area contributed by atoms with E-state index in [1.54, 1.807) is 0 Å². The molecule has 1 atom stereocenters. The Morgan fingerprint density at radius 3 is 2.88 bits per heavy atom. The van der Waals surface area contributed by atoms with Gasteiger partial charge >= 0.3 is 0 Å². The third-order valence-electron chi connectivity index (χ3n) is 2.74. The van der Waals surface area contributed by atoms with Gasteiger partial charge in [-0.1, -0.05) is 12.1 Å². The van der Waals surface area contributed by atoms with Crippen LogP contribution in [0.25, 0.3) is 0 Å². The molecule has 2 N–H and O–H groups in total. The maximum absolute atomic E-state index is 11.2. The molecule has 0 aromatic heterocycles.